The summed E-state index contributed by atoms with van der Waals surface area (Å²) in [5.41, 5.74) is -1.55. The van der Waals surface area contributed by atoms with Gasteiger partial charge in [-0.25, -0.2) is 4.39 Å². The molecule has 1 aromatic carbocycles. The molecule has 23 heavy (non-hydrogen) atoms. The Kier molecular flexibility index (Phi) is 4.91. The van der Waals surface area contributed by atoms with Crippen LogP contribution in [0.15, 0.2) is 18.2 Å². The van der Waals surface area contributed by atoms with Gasteiger partial charge >= 0.3 is 12.1 Å². The second-order valence-electron chi connectivity index (χ2n) is 5.52. The van der Waals surface area contributed by atoms with Gasteiger partial charge in [-0.3, -0.25) is 9.59 Å². The quantitative estimate of drug-likeness (QED) is 0.830. The molecular weight excluding hydrogens is 318 g/mol. The number of amides is 1. The average Bonchev–Trinajstić information content (AvgIpc) is 2.48. The van der Waals surface area contributed by atoms with Crippen LogP contribution >= 0.6 is 0 Å². The number of hydrogen-bond donors (Lipinski definition) is 2. The second-order valence-corrected chi connectivity index (χ2v) is 5.52. The summed E-state index contributed by atoms with van der Waals surface area (Å²) in [6, 6.07) is 1.79. The number of aliphatic carboxylic acids is 1. The number of rotatable bonds is 3. The molecular formula is C15H15F4NO3. The molecule has 2 atom stereocenters. The highest BCUT2D eigenvalue weighted by Crippen LogP contribution is 2.33. The number of anilines is 1. The highest BCUT2D eigenvalue weighted by Gasteiger charge is 2.36. The van der Waals surface area contributed by atoms with E-state index in [1.807, 2.05) is 0 Å². The smallest absolute Gasteiger partial charge is 0.416 e. The summed E-state index contributed by atoms with van der Waals surface area (Å²) < 4.78 is 51.2. The van der Waals surface area contributed by atoms with Crippen LogP contribution in [0.4, 0.5) is 23.2 Å². The molecule has 0 bridgehead atoms. The number of nitrogens with one attached hydrogen (secondary N) is 1. The van der Waals surface area contributed by atoms with Crippen molar-refractivity contribution >= 4 is 17.6 Å². The number of hydrogen-bond acceptors (Lipinski definition) is 2. The lowest BCUT2D eigenvalue weighted by atomic mass is 9.78. The van der Waals surface area contributed by atoms with E-state index >= 15 is 0 Å². The van der Waals surface area contributed by atoms with Gasteiger partial charge in [-0.05, 0) is 31.0 Å². The normalized spacial score (nSPS) is 21.7. The fourth-order valence-electron chi connectivity index (χ4n) is 2.76. The zero-order valence-electron chi connectivity index (χ0n) is 12.0. The Morgan fingerprint density at radius 3 is 2.26 bits per heavy atom. The molecule has 1 aromatic rings. The standard InChI is InChI=1S/C15H15F4NO3/c16-11-7-8(15(17,18)19)5-6-12(11)20-13(21)9-3-1-2-4-10(9)14(22)23/h5-7,9-10H,1-4H2,(H,20,21)(H,22,23). The van der Waals surface area contributed by atoms with E-state index in [-0.39, 0.29) is 0 Å². The van der Waals surface area contributed by atoms with Crippen molar-refractivity contribution in [3.63, 3.8) is 0 Å². The molecule has 0 saturated heterocycles. The minimum absolute atomic E-state index is 0.297. The molecule has 0 aromatic heterocycles. The van der Waals surface area contributed by atoms with Crippen LogP contribution in [-0.4, -0.2) is 17.0 Å². The van der Waals surface area contributed by atoms with E-state index in [2.05, 4.69) is 5.32 Å². The summed E-state index contributed by atoms with van der Waals surface area (Å²) >= 11 is 0. The third-order valence-corrected chi connectivity index (χ3v) is 3.97. The molecule has 4 nitrogen and oxygen atoms in total. The molecule has 126 valence electrons. The number of carbonyl (C=O) groups excluding carboxylic acids is 1. The number of benzene rings is 1. The number of carbonyl (C=O) groups is 2. The van der Waals surface area contributed by atoms with Gasteiger partial charge in [0.25, 0.3) is 0 Å². The van der Waals surface area contributed by atoms with Crippen LogP contribution in [0.2, 0.25) is 0 Å². The lowest BCUT2D eigenvalue weighted by Crippen LogP contribution is -2.36. The molecule has 1 aliphatic rings. The van der Waals surface area contributed by atoms with Gasteiger partial charge in [0.15, 0.2) is 0 Å². The molecule has 2 unspecified atom stereocenters. The van der Waals surface area contributed by atoms with Crippen molar-refractivity contribution in [1.29, 1.82) is 0 Å². The molecule has 1 fully saturated rings. The van der Waals surface area contributed by atoms with Crippen LogP contribution < -0.4 is 5.32 Å². The van der Waals surface area contributed by atoms with Crippen molar-refractivity contribution in [2.75, 3.05) is 5.32 Å². The van der Waals surface area contributed by atoms with Crippen LogP contribution in [0.1, 0.15) is 31.2 Å². The van der Waals surface area contributed by atoms with Crippen LogP contribution in [0.5, 0.6) is 0 Å². The zero-order chi connectivity index (χ0) is 17.2. The monoisotopic (exact) mass is 333 g/mol. The number of carboxylic acid groups (broad SMARTS) is 1. The molecule has 0 radical (unpaired) electrons. The maximum Gasteiger partial charge on any atom is 0.416 e. The third-order valence-electron chi connectivity index (χ3n) is 3.97. The van der Waals surface area contributed by atoms with Gasteiger partial charge in [0, 0.05) is 0 Å². The molecule has 0 spiro atoms. The van der Waals surface area contributed by atoms with Gasteiger partial charge in [-0.1, -0.05) is 12.8 Å². The van der Waals surface area contributed by atoms with Crippen LogP contribution in [0.25, 0.3) is 0 Å². The Labute approximate surface area is 129 Å². The largest absolute Gasteiger partial charge is 0.481 e. The third kappa shape index (κ3) is 4.00. The second kappa shape index (κ2) is 6.55. The van der Waals surface area contributed by atoms with E-state index in [0.29, 0.717) is 37.8 Å². The number of carboxylic acids is 1. The first-order valence-corrected chi connectivity index (χ1v) is 7.10. The summed E-state index contributed by atoms with van der Waals surface area (Å²) in [5, 5.41) is 11.3. The summed E-state index contributed by atoms with van der Waals surface area (Å²) in [7, 11) is 0. The molecule has 1 amide bonds. The molecule has 1 aliphatic carbocycles. The van der Waals surface area contributed by atoms with Gasteiger partial charge in [-0.2, -0.15) is 13.2 Å². The van der Waals surface area contributed by atoms with E-state index in [4.69, 9.17) is 5.11 Å². The Balaban J connectivity index is 2.15. The highest BCUT2D eigenvalue weighted by molar-refractivity contribution is 5.95. The Bertz CT molecular complexity index is 615. The van der Waals surface area contributed by atoms with Crippen molar-refractivity contribution in [2.24, 2.45) is 11.8 Å². The highest BCUT2D eigenvalue weighted by atomic mass is 19.4. The fraction of sp³-hybridized carbons (Fsp3) is 0.467. The fourth-order valence-corrected chi connectivity index (χ4v) is 2.76. The molecule has 1 saturated carbocycles. The lowest BCUT2D eigenvalue weighted by molar-refractivity contribution is -0.147. The van der Waals surface area contributed by atoms with Crippen LogP contribution in [0.3, 0.4) is 0 Å². The minimum Gasteiger partial charge on any atom is -0.481 e. The predicted molar refractivity (Wildman–Crippen MR) is 73.1 cm³/mol. The van der Waals surface area contributed by atoms with E-state index in [9.17, 15) is 27.2 Å². The van der Waals surface area contributed by atoms with Crippen molar-refractivity contribution in [2.45, 2.75) is 31.9 Å². The van der Waals surface area contributed by atoms with Gasteiger partial charge in [0.05, 0.1) is 23.1 Å². The van der Waals surface area contributed by atoms with Crippen LogP contribution in [0, 0.1) is 17.7 Å². The summed E-state index contributed by atoms with van der Waals surface area (Å²) in [6.07, 6.45) is -2.61. The van der Waals surface area contributed by atoms with Gasteiger partial charge in [0.1, 0.15) is 5.82 Å². The Hall–Kier alpha value is -2.12. The maximum absolute atomic E-state index is 13.7. The summed E-state index contributed by atoms with van der Waals surface area (Å²) in [4.78, 5) is 23.3. The molecule has 0 aliphatic heterocycles. The first-order valence-electron chi connectivity index (χ1n) is 7.10. The van der Waals surface area contributed by atoms with Gasteiger partial charge in [0.2, 0.25) is 5.91 Å². The Morgan fingerprint density at radius 1 is 1.13 bits per heavy atom. The van der Waals surface area contributed by atoms with Gasteiger partial charge < -0.3 is 10.4 Å². The summed E-state index contributed by atoms with van der Waals surface area (Å²) in [6.45, 7) is 0. The number of alkyl halides is 3. The molecule has 2 rings (SSSR count). The van der Waals surface area contributed by atoms with E-state index in [1.54, 1.807) is 0 Å². The minimum atomic E-state index is -4.68. The SMILES string of the molecule is O=C(O)C1CCCCC1C(=O)Nc1ccc(C(F)(F)F)cc1F. The first kappa shape index (κ1) is 17.2. The van der Waals surface area contributed by atoms with Crippen LogP contribution in [-0.2, 0) is 15.8 Å². The van der Waals surface area contributed by atoms with Crippen molar-refractivity contribution in [1.82, 2.24) is 0 Å². The molecule has 0 heterocycles. The summed E-state index contributed by atoms with van der Waals surface area (Å²) in [5.74, 6) is -4.67. The molecule has 8 heteroatoms. The number of halogens is 4. The lowest BCUT2D eigenvalue weighted by Gasteiger charge is -2.27. The Morgan fingerprint density at radius 2 is 1.74 bits per heavy atom. The van der Waals surface area contributed by atoms with E-state index in [1.165, 1.54) is 0 Å². The van der Waals surface area contributed by atoms with Crippen molar-refractivity contribution in [3.8, 4) is 0 Å². The average molecular weight is 333 g/mol. The van der Waals surface area contributed by atoms with Gasteiger partial charge in [-0.15, -0.1) is 0 Å². The van der Waals surface area contributed by atoms with E-state index < -0.39 is 47.0 Å². The zero-order valence-corrected chi connectivity index (χ0v) is 12.0. The van der Waals surface area contributed by atoms with E-state index in [0.717, 1.165) is 6.07 Å². The van der Waals surface area contributed by atoms with Crippen molar-refractivity contribution < 1.29 is 32.3 Å². The maximum atomic E-state index is 13.7. The first-order chi connectivity index (χ1) is 10.7. The topological polar surface area (TPSA) is 66.4 Å². The predicted octanol–water partition coefficient (Wildman–Crippen LogP) is 3.67. The van der Waals surface area contributed by atoms with Crippen molar-refractivity contribution in [3.05, 3.63) is 29.6 Å². The molecule has 2 N–H and O–H groups in total.